The third-order valence-corrected chi connectivity index (χ3v) is 10.5. The minimum absolute atomic E-state index is 0.0946. The van der Waals surface area contributed by atoms with E-state index in [0.717, 1.165) is 11.1 Å². The van der Waals surface area contributed by atoms with Gasteiger partial charge in [-0.3, -0.25) is 0 Å². The highest BCUT2D eigenvalue weighted by molar-refractivity contribution is 9.09. The Morgan fingerprint density at radius 2 is 1.76 bits per heavy atom. The van der Waals surface area contributed by atoms with Gasteiger partial charge in [-0.2, -0.15) is 0 Å². The molecule has 0 heterocycles. The van der Waals surface area contributed by atoms with Crippen LogP contribution >= 0.6 is 15.9 Å². The summed E-state index contributed by atoms with van der Waals surface area (Å²) in [5.41, 5.74) is 2.37. The van der Waals surface area contributed by atoms with E-state index in [1.807, 2.05) is 48.5 Å². The molecular formula is C23H31BrO4Si. The van der Waals surface area contributed by atoms with Crippen molar-refractivity contribution in [3.63, 3.8) is 0 Å². The van der Waals surface area contributed by atoms with Gasteiger partial charge in [0, 0.05) is 5.33 Å². The van der Waals surface area contributed by atoms with Crippen molar-refractivity contribution < 1.29 is 18.7 Å². The molecule has 0 aliphatic carbocycles. The third-order valence-electron chi connectivity index (χ3n) is 5.40. The van der Waals surface area contributed by atoms with E-state index in [4.69, 9.17) is 13.9 Å². The average Bonchev–Trinajstić information content (AvgIpc) is 2.69. The molecule has 0 fully saturated rings. The number of benzene rings is 2. The molecule has 0 saturated heterocycles. The molecule has 0 bridgehead atoms. The van der Waals surface area contributed by atoms with E-state index in [0.29, 0.717) is 23.2 Å². The first kappa shape index (κ1) is 23.6. The summed E-state index contributed by atoms with van der Waals surface area (Å²) in [6, 6.07) is 15.5. The van der Waals surface area contributed by atoms with Crippen LogP contribution in [-0.2, 0) is 15.8 Å². The van der Waals surface area contributed by atoms with E-state index < -0.39 is 14.3 Å². The maximum Gasteiger partial charge on any atom is 0.341 e. The van der Waals surface area contributed by atoms with Crippen molar-refractivity contribution in [3.8, 4) is 5.75 Å². The fourth-order valence-corrected chi connectivity index (χ4v) is 4.63. The Kier molecular flexibility index (Phi) is 8.08. The van der Waals surface area contributed by atoms with Gasteiger partial charge in [0.05, 0.1) is 13.2 Å². The molecule has 1 atom stereocenters. The van der Waals surface area contributed by atoms with Crippen LogP contribution in [0.4, 0.5) is 0 Å². The summed E-state index contributed by atoms with van der Waals surface area (Å²) in [5.74, 6) is 0.0839. The third kappa shape index (κ3) is 6.17. The highest BCUT2D eigenvalue weighted by Gasteiger charge is 2.39. The number of esters is 1. The van der Waals surface area contributed by atoms with Crippen LogP contribution in [0.5, 0.6) is 5.75 Å². The standard InChI is InChI=1S/C23H31BrO4Si/c1-23(2,3)29(5,6)28-21(15-24)18-12-13-20(19(14-18)22(25)26-4)27-16-17-10-8-7-9-11-17/h7-14,21H,15-16H2,1-6H3/t21-/m0/s1. The second-order valence-corrected chi connectivity index (χ2v) is 13.9. The van der Waals surface area contributed by atoms with Gasteiger partial charge in [0.1, 0.15) is 17.9 Å². The Morgan fingerprint density at radius 3 is 2.31 bits per heavy atom. The molecule has 4 nitrogen and oxygen atoms in total. The number of ether oxygens (including phenoxy) is 2. The van der Waals surface area contributed by atoms with Crippen LogP contribution < -0.4 is 4.74 Å². The summed E-state index contributed by atoms with van der Waals surface area (Å²) in [5, 5.41) is 0.738. The van der Waals surface area contributed by atoms with E-state index in [9.17, 15) is 4.79 Å². The van der Waals surface area contributed by atoms with E-state index in [1.54, 1.807) is 0 Å². The molecule has 0 unspecified atom stereocenters. The van der Waals surface area contributed by atoms with Gasteiger partial charge in [-0.15, -0.1) is 0 Å². The zero-order valence-electron chi connectivity index (χ0n) is 18.1. The van der Waals surface area contributed by atoms with Crippen LogP contribution in [-0.4, -0.2) is 26.7 Å². The summed E-state index contributed by atoms with van der Waals surface area (Å²) < 4.78 is 17.5. The Morgan fingerprint density at radius 1 is 1.10 bits per heavy atom. The number of carbonyl (C=O) groups excluding carboxylic acids is 1. The van der Waals surface area contributed by atoms with Crippen molar-refractivity contribution in [1.29, 1.82) is 0 Å². The summed E-state index contributed by atoms with van der Waals surface area (Å²) >= 11 is 3.58. The fraction of sp³-hybridized carbons (Fsp3) is 0.435. The molecule has 158 valence electrons. The van der Waals surface area contributed by atoms with Gasteiger partial charge in [0.25, 0.3) is 0 Å². The van der Waals surface area contributed by atoms with Gasteiger partial charge in [0.2, 0.25) is 0 Å². The molecule has 0 aromatic heterocycles. The van der Waals surface area contributed by atoms with Crippen LogP contribution in [0.2, 0.25) is 18.1 Å². The molecular weight excluding hydrogens is 448 g/mol. The Bertz CT molecular complexity index is 815. The summed E-state index contributed by atoms with van der Waals surface area (Å²) in [7, 11) is -0.596. The Balaban J connectivity index is 2.30. The highest BCUT2D eigenvalue weighted by Crippen LogP contribution is 2.40. The smallest absolute Gasteiger partial charge is 0.341 e. The molecule has 0 aliphatic heterocycles. The zero-order valence-corrected chi connectivity index (χ0v) is 20.7. The van der Waals surface area contributed by atoms with Crippen LogP contribution in [0, 0.1) is 0 Å². The lowest BCUT2D eigenvalue weighted by Crippen LogP contribution is -2.42. The van der Waals surface area contributed by atoms with E-state index in [-0.39, 0.29) is 11.1 Å². The number of hydrogen-bond acceptors (Lipinski definition) is 4. The molecule has 2 aromatic carbocycles. The van der Waals surface area contributed by atoms with E-state index in [1.165, 1.54) is 7.11 Å². The first-order valence-electron chi connectivity index (χ1n) is 9.72. The van der Waals surface area contributed by atoms with Gasteiger partial charge in [-0.1, -0.05) is 73.1 Å². The molecule has 2 rings (SSSR count). The van der Waals surface area contributed by atoms with Crippen molar-refractivity contribution in [2.24, 2.45) is 0 Å². The Labute approximate surface area is 183 Å². The number of methoxy groups -OCH3 is 1. The lowest BCUT2D eigenvalue weighted by molar-refractivity contribution is 0.0595. The maximum atomic E-state index is 12.4. The summed E-state index contributed by atoms with van der Waals surface area (Å²) in [6.07, 6.45) is -0.150. The predicted octanol–water partition coefficient (Wildman–Crippen LogP) is 6.51. The quantitative estimate of drug-likeness (QED) is 0.246. The van der Waals surface area contributed by atoms with Gasteiger partial charge >= 0.3 is 5.97 Å². The topological polar surface area (TPSA) is 44.8 Å². The number of halogens is 1. The molecule has 2 aromatic rings. The molecule has 0 spiro atoms. The zero-order chi connectivity index (χ0) is 21.7. The van der Waals surface area contributed by atoms with Gasteiger partial charge in [-0.25, -0.2) is 4.79 Å². The first-order chi connectivity index (χ1) is 13.6. The van der Waals surface area contributed by atoms with Crippen molar-refractivity contribution in [1.82, 2.24) is 0 Å². The minimum Gasteiger partial charge on any atom is -0.488 e. The van der Waals surface area contributed by atoms with Crippen LogP contribution in [0.1, 0.15) is 48.4 Å². The van der Waals surface area contributed by atoms with E-state index in [2.05, 4.69) is 49.8 Å². The molecule has 0 amide bonds. The van der Waals surface area contributed by atoms with Crippen LogP contribution in [0.25, 0.3) is 0 Å². The number of hydrogen-bond donors (Lipinski definition) is 0. The molecule has 6 heteroatoms. The molecule has 0 N–H and O–H groups in total. The second-order valence-electron chi connectivity index (χ2n) is 8.54. The summed E-state index contributed by atoms with van der Waals surface area (Å²) in [6.45, 7) is 11.5. The Hall–Kier alpha value is -1.63. The molecule has 0 radical (unpaired) electrons. The van der Waals surface area contributed by atoms with Gasteiger partial charge in [-0.05, 0) is 41.4 Å². The lowest BCUT2D eigenvalue weighted by atomic mass is 10.1. The number of rotatable bonds is 8. The largest absolute Gasteiger partial charge is 0.488 e. The molecule has 0 saturated carbocycles. The summed E-state index contributed by atoms with van der Waals surface area (Å²) in [4.78, 5) is 12.4. The second kappa shape index (κ2) is 9.91. The maximum absolute atomic E-state index is 12.4. The number of carbonyl (C=O) groups is 1. The SMILES string of the molecule is COC(=O)c1cc([C@H](CBr)O[Si](C)(C)C(C)(C)C)ccc1OCc1ccccc1. The molecule has 0 aliphatic rings. The van der Waals surface area contributed by atoms with E-state index >= 15 is 0 Å². The fourth-order valence-electron chi connectivity index (χ4n) is 2.60. The lowest BCUT2D eigenvalue weighted by Gasteiger charge is -2.39. The predicted molar refractivity (Wildman–Crippen MR) is 123 cm³/mol. The van der Waals surface area contributed by atoms with Crippen molar-refractivity contribution >= 4 is 30.2 Å². The molecule has 29 heavy (non-hydrogen) atoms. The van der Waals surface area contributed by atoms with Crippen molar-refractivity contribution in [3.05, 3.63) is 65.2 Å². The van der Waals surface area contributed by atoms with Crippen molar-refractivity contribution in [2.75, 3.05) is 12.4 Å². The first-order valence-corrected chi connectivity index (χ1v) is 13.7. The minimum atomic E-state index is -1.97. The highest BCUT2D eigenvalue weighted by atomic mass is 79.9. The normalized spacial score (nSPS) is 13.1. The van der Waals surface area contributed by atoms with Gasteiger partial charge < -0.3 is 13.9 Å². The average molecular weight is 479 g/mol. The number of alkyl halides is 1. The van der Waals surface area contributed by atoms with Crippen molar-refractivity contribution in [2.45, 2.75) is 51.6 Å². The van der Waals surface area contributed by atoms with Crippen LogP contribution in [0.15, 0.2) is 48.5 Å². The monoisotopic (exact) mass is 478 g/mol. The van der Waals surface area contributed by atoms with Gasteiger partial charge in [0.15, 0.2) is 8.32 Å². The van der Waals surface area contributed by atoms with Crippen LogP contribution in [0.3, 0.4) is 0 Å².